The third kappa shape index (κ3) is 3.12. The van der Waals surface area contributed by atoms with Gasteiger partial charge in [0.05, 0.1) is 11.9 Å². The normalized spacial score (nSPS) is 32.9. The van der Waals surface area contributed by atoms with Crippen LogP contribution in [-0.4, -0.2) is 42.0 Å². The van der Waals surface area contributed by atoms with E-state index in [0.717, 1.165) is 18.6 Å². The molecule has 5 heteroatoms. The zero-order valence-electron chi connectivity index (χ0n) is 9.82. The van der Waals surface area contributed by atoms with Crippen molar-refractivity contribution < 1.29 is 14.3 Å². The number of carbonyl (C=O) groups excluding carboxylic acids is 1. The Hall–Kier alpha value is -0.260. The molecule has 0 aromatic rings. The maximum absolute atomic E-state index is 11.7. The molecule has 2 fully saturated rings. The number of hydrogen-bond acceptors (Lipinski definition) is 4. The van der Waals surface area contributed by atoms with Crippen molar-refractivity contribution >= 4 is 17.7 Å². The number of hydrogen-bond donors (Lipinski definition) is 1. The largest absolute Gasteiger partial charge is 0.352 e. The van der Waals surface area contributed by atoms with Gasteiger partial charge < -0.3 is 14.8 Å². The second-order valence-electron chi connectivity index (χ2n) is 4.70. The summed E-state index contributed by atoms with van der Waals surface area (Å²) in [5.41, 5.74) is 0. The van der Waals surface area contributed by atoms with Crippen LogP contribution in [0.25, 0.3) is 0 Å². The Labute approximate surface area is 100 Å². The zero-order valence-corrected chi connectivity index (χ0v) is 10.6. The van der Waals surface area contributed by atoms with Gasteiger partial charge >= 0.3 is 0 Å². The molecule has 0 aromatic heterocycles. The molecule has 92 valence electrons. The first-order valence-corrected chi connectivity index (χ1v) is 6.83. The maximum Gasteiger partial charge on any atom is 0.233 e. The van der Waals surface area contributed by atoms with E-state index in [-0.39, 0.29) is 17.3 Å². The SMILES string of the molecule is CC1(C)OCC(CNC(=O)C2CCCS2)O1. The van der Waals surface area contributed by atoms with Crippen LogP contribution in [0.15, 0.2) is 0 Å². The van der Waals surface area contributed by atoms with Crippen LogP contribution in [0.5, 0.6) is 0 Å². The van der Waals surface area contributed by atoms with Crippen molar-refractivity contribution in [1.82, 2.24) is 5.32 Å². The quantitative estimate of drug-likeness (QED) is 0.810. The van der Waals surface area contributed by atoms with Gasteiger partial charge in [-0.3, -0.25) is 4.79 Å². The summed E-state index contributed by atoms with van der Waals surface area (Å²) in [6.07, 6.45) is 2.15. The van der Waals surface area contributed by atoms with Gasteiger partial charge in [-0.15, -0.1) is 11.8 Å². The fourth-order valence-corrected chi connectivity index (χ4v) is 3.16. The highest BCUT2D eigenvalue weighted by molar-refractivity contribution is 8.00. The summed E-state index contributed by atoms with van der Waals surface area (Å²) in [5, 5.41) is 3.09. The van der Waals surface area contributed by atoms with Gasteiger partial charge in [0.15, 0.2) is 5.79 Å². The van der Waals surface area contributed by atoms with Gasteiger partial charge in [0.1, 0.15) is 6.10 Å². The number of carbonyl (C=O) groups is 1. The molecule has 1 N–H and O–H groups in total. The van der Waals surface area contributed by atoms with E-state index < -0.39 is 5.79 Å². The molecule has 0 spiro atoms. The van der Waals surface area contributed by atoms with E-state index in [4.69, 9.17) is 9.47 Å². The Kier molecular flexibility index (Phi) is 3.77. The highest BCUT2D eigenvalue weighted by atomic mass is 32.2. The number of ether oxygens (including phenoxy) is 2. The van der Waals surface area contributed by atoms with Crippen molar-refractivity contribution in [3.63, 3.8) is 0 Å². The van der Waals surface area contributed by atoms with Gasteiger partial charge in [-0.05, 0) is 32.4 Å². The minimum Gasteiger partial charge on any atom is -0.352 e. The summed E-state index contributed by atoms with van der Waals surface area (Å²) < 4.78 is 11.1. The van der Waals surface area contributed by atoms with Crippen LogP contribution < -0.4 is 5.32 Å². The van der Waals surface area contributed by atoms with Crippen molar-refractivity contribution in [2.24, 2.45) is 0 Å². The Balaban J connectivity index is 1.69. The molecule has 16 heavy (non-hydrogen) atoms. The van der Waals surface area contributed by atoms with Crippen molar-refractivity contribution in [1.29, 1.82) is 0 Å². The predicted octanol–water partition coefficient (Wildman–Crippen LogP) is 1.15. The fraction of sp³-hybridized carbons (Fsp3) is 0.909. The molecule has 0 aromatic carbocycles. The molecule has 2 unspecified atom stereocenters. The topological polar surface area (TPSA) is 47.6 Å². The molecular weight excluding hydrogens is 226 g/mol. The molecule has 2 heterocycles. The van der Waals surface area contributed by atoms with Gasteiger partial charge in [0, 0.05) is 6.54 Å². The molecule has 2 aliphatic heterocycles. The minimum absolute atomic E-state index is 0.00893. The van der Waals surface area contributed by atoms with E-state index in [1.54, 1.807) is 11.8 Å². The lowest BCUT2D eigenvalue weighted by atomic mass is 10.2. The molecule has 0 bridgehead atoms. The number of thioether (sulfide) groups is 1. The number of rotatable bonds is 3. The molecule has 0 radical (unpaired) electrons. The van der Waals surface area contributed by atoms with Crippen molar-refractivity contribution in [3.8, 4) is 0 Å². The van der Waals surface area contributed by atoms with E-state index in [0.29, 0.717) is 13.2 Å². The second kappa shape index (κ2) is 4.94. The highest BCUT2D eigenvalue weighted by Gasteiger charge is 2.33. The summed E-state index contributed by atoms with van der Waals surface area (Å²) in [6.45, 7) is 4.90. The van der Waals surface area contributed by atoms with Crippen molar-refractivity contribution in [3.05, 3.63) is 0 Å². The lowest BCUT2D eigenvalue weighted by molar-refractivity contribution is -0.139. The molecule has 0 saturated carbocycles. The van der Waals surface area contributed by atoms with Gasteiger partial charge in [-0.2, -0.15) is 0 Å². The van der Waals surface area contributed by atoms with E-state index >= 15 is 0 Å². The van der Waals surface area contributed by atoms with Gasteiger partial charge in [-0.25, -0.2) is 0 Å². The first-order valence-electron chi connectivity index (χ1n) is 5.78. The molecule has 2 atom stereocenters. The monoisotopic (exact) mass is 245 g/mol. The van der Waals surface area contributed by atoms with E-state index in [9.17, 15) is 4.79 Å². The molecule has 0 aliphatic carbocycles. The maximum atomic E-state index is 11.7. The van der Waals surface area contributed by atoms with Crippen LogP contribution >= 0.6 is 11.8 Å². The first-order chi connectivity index (χ1) is 7.57. The zero-order chi connectivity index (χ0) is 11.6. The van der Waals surface area contributed by atoms with E-state index in [1.807, 2.05) is 13.8 Å². The number of amides is 1. The molecule has 4 nitrogen and oxygen atoms in total. The van der Waals surface area contributed by atoms with Crippen molar-refractivity contribution in [2.75, 3.05) is 18.9 Å². The van der Waals surface area contributed by atoms with Crippen LogP contribution in [0.4, 0.5) is 0 Å². The third-order valence-electron chi connectivity index (χ3n) is 2.79. The van der Waals surface area contributed by atoms with Crippen LogP contribution in [0, 0.1) is 0 Å². The standard InChI is InChI=1S/C11H19NO3S/c1-11(2)14-7-8(15-11)6-12-10(13)9-4-3-5-16-9/h8-9H,3-7H2,1-2H3,(H,12,13). The third-order valence-corrected chi connectivity index (χ3v) is 4.17. The lowest BCUT2D eigenvalue weighted by Crippen LogP contribution is -2.38. The Bertz CT molecular complexity index is 264. The minimum atomic E-state index is -0.502. The smallest absolute Gasteiger partial charge is 0.233 e. The van der Waals surface area contributed by atoms with Gasteiger partial charge in [0.25, 0.3) is 0 Å². The Morgan fingerprint density at radius 2 is 2.38 bits per heavy atom. The van der Waals surface area contributed by atoms with Gasteiger partial charge in [0.2, 0.25) is 5.91 Å². The summed E-state index contributed by atoms with van der Waals surface area (Å²) in [7, 11) is 0. The average Bonchev–Trinajstić information content (AvgIpc) is 2.83. The molecule has 2 aliphatic rings. The summed E-state index contributed by atoms with van der Waals surface area (Å²) in [4.78, 5) is 11.7. The summed E-state index contributed by atoms with van der Waals surface area (Å²) in [5.74, 6) is 0.752. The number of nitrogens with one attached hydrogen (secondary N) is 1. The molecule has 1 amide bonds. The van der Waals surface area contributed by atoms with Crippen LogP contribution in [0.1, 0.15) is 26.7 Å². The summed E-state index contributed by atoms with van der Waals surface area (Å²) >= 11 is 1.75. The molecule has 2 saturated heterocycles. The lowest BCUT2D eigenvalue weighted by Gasteiger charge is -2.17. The predicted molar refractivity (Wildman–Crippen MR) is 63.4 cm³/mol. The van der Waals surface area contributed by atoms with Gasteiger partial charge in [-0.1, -0.05) is 0 Å². The van der Waals surface area contributed by atoms with Crippen LogP contribution in [0.2, 0.25) is 0 Å². The Morgan fingerprint density at radius 3 is 2.94 bits per heavy atom. The average molecular weight is 245 g/mol. The second-order valence-corrected chi connectivity index (χ2v) is 6.01. The summed E-state index contributed by atoms with van der Waals surface area (Å²) in [6, 6.07) is 0. The fourth-order valence-electron chi connectivity index (χ4n) is 1.98. The Morgan fingerprint density at radius 1 is 1.56 bits per heavy atom. The highest BCUT2D eigenvalue weighted by Crippen LogP contribution is 2.26. The first kappa shape index (κ1) is 12.2. The molecule has 2 rings (SSSR count). The van der Waals surface area contributed by atoms with Crippen LogP contribution in [0.3, 0.4) is 0 Å². The molecular formula is C11H19NO3S. The van der Waals surface area contributed by atoms with Crippen LogP contribution in [-0.2, 0) is 14.3 Å². The van der Waals surface area contributed by atoms with Crippen molar-refractivity contribution in [2.45, 2.75) is 43.8 Å². The van der Waals surface area contributed by atoms with E-state index in [2.05, 4.69) is 5.32 Å². The van der Waals surface area contributed by atoms with E-state index in [1.165, 1.54) is 0 Å².